The van der Waals surface area contributed by atoms with Crippen molar-refractivity contribution in [1.29, 1.82) is 0 Å². The lowest BCUT2D eigenvalue weighted by atomic mass is 10.2. The number of aromatic carboxylic acids is 1. The number of benzene rings is 2. The standard InChI is InChI=1S/C17H9Cl3N2O4/c18-9-3-6-11(19)12(7-9)22-15(23)13(20)14(16(22)24)21-10-4-1-8(2-5-10)17(25)26/h1-7,21H,(H,25,26). The van der Waals surface area contributed by atoms with Crippen LogP contribution in [0.15, 0.2) is 53.2 Å². The van der Waals surface area contributed by atoms with E-state index in [4.69, 9.17) is 39.9 Å². The van der Waals surface area contributed by atoms with Crippen molar-refractivity contribution in [3.63, 3.8) is 0 Å². The Balaban J connectivity index is 1.91. The van der Waals surface area contributed by atoms with Crippen LogP contribution in [0, 0.1) is 0 Å². The highest BCUT2D eigenvalue weighted by Crippen LogP contribution is 2.35. The minimum Gasteiger partial charge on any atom is -0.478 e. The molecule has 1 aliphatic heterocycles. The van der Waals surface area contributed by atoms with Crippen LogP contribution in [-0.2, 0) is 9.59 Å². The van der Waals surface area contributed by atoms with Crippen LogP contribution in [0.4, 0.5) is 11.4 Å². The lowest BCUT2D eigenvalue weighted by molar-refractivity contribution is -0.120. The minimum atomic E-state index is -1.08. The van der Waals surface area contributed by atoms with Crippen molar-refractivity contribution in [2.75, 3.05) is 10.2 Å². The van der Waals surface area contributed by atoms with E-state index < -0.39 is 17.8 Å². The number of imide groups is 1. The van der Waals surface area contributed by atoms with E-state index in [-0.39, 0.29) is 27.0 Å². The van der Waals surface area contributed by atoms with Gasteiger partial charge in [-0.3, -0.25) is 9.59 Å². The van der Waals surface area contributed by atoms with Gasteiger partial charge in [0.25, 0.3) is 11.8 Å². The molecule has 0 radical (unpaired) electrons. The summed E-state index contributed by atoms with van der Waals surface area (Å²) in [7, 11) is 0. The number of carboxylic acid groups (broad SMARTS) is 1. The Hall–Kier alpha value is -2.54. The molecule has 2 aromatic rings. The van der Waals surface area contributed by atoms with E-state index in [0.717, 1.165) is 4.90 Å². The van der Waals surface area contributed by atoms with Gasteiger partial charge in [0.15, 0.2) is 0 Å². The Labute approximate surface area is 162 Å². The van der Waals surface area contributed by atoms with Crippen molar-refractivity contribution in [3.8, 4) is 0 Å². The molecule has 2 aromatic carbocycles. The summed E-state index contributed by atoms with van der Waals surface area (Å²) in [6.07, 6.45) is 0. The molecule has 26 heavy (non-hydrogen) atoms. The van der Waals surface area contributed by atoms with Gasteiger partial charge in [-0.25, -0.2) is 9.69 Å². The molecule has 0 unspecified atom stereocenters. The third kappa shape index (κ3) is 3.26. The number of amides is 2. The van der Waals surface area contributed by atoms with Crippen LogP contribution in [0.25, 0.3) is 0 Å². The van der Waals surface area contributed by atoms with Crippen LogP contribution in [0.2, 0.25) is 10.0 Å². The SMILES string of the molecule is O=C(O)c1ccc(NC2=C(Cl)C(=O)N(c3cc(Cl)ccc3Cl)C2=O)cc1. The number of nitrogens with zero attached hydrogens (tertiary/aromatic N) is 1. The molecule has 3 rings (SSSR count). The zero-order valence-corrected chi connectivity index (χ0v) is 15.1. The summed E-state index contributed by atoms with van der Waals surface area (Å²) in [4.78, 5) is 36.8. The fourth-order valence-corrected chi connectivity index (χ4v) is 2.91. The van der Waals surface area contributed by atoms with Crippen LogP contribution in [0.1, 0.15) is 10.4 Å². The summed E-state index contributed by atoms with van der Waals surface area (Å²) in [5.41, 5.74) is 0.446. The van der Waals surface area contributed by atoms with Gasteiger partial charge < -0.3 is 10.4 Å². The van der Waals surface area contributed by atoms with Crippen LogP contribution in [0.5, 0.6) is 0 Å². The highest BCUT2D eigenvalue weighted by Gasteiger charge is 2.39. The Morgan fingerprint density at radius 1 is 0.962 bits per heavy atom. The van der Waals surface area contributed by atoms with E-state index in [9.17, 15) is 14.4 Å². The van der Waals surface area contributed by atoms with Gasteiger partial charge in [-0.05, 0) is 42.5 Å². The fourth-order valence-electron chi connectivity index (χ4n) is 2.33. The molecule has 0 aromatic heterocycles. The van der Waals surface area contributed by atoms with Gasteiger partial charge in [0.05, 0.1) is 16.3 Å². The molecule has 1 aliphatic rings. The lowest BCUT2D eigenvalue weighted by Gasteiger charge is -2.16. The normalized spacial score (nSPS) is 14.2. The molecular weight excluding hydrogens is 403 g/mol. The third-order valence-electron chi connectivity index (χ3n) is 3.58. The third-order valence-corrected chi connectivity index (χ3v) is 4.48. The first-order valence-electron chi connectivity index (χ1n) is 7.13. The van der Waals surface area contributed by atoms with Gasteiger partial charge in [0.1, 0.15) is 10.7 Å². The van der Waals surface area contributed by atoms with Crippen LogP contribution in [0.3, 0.4) is 0 Å². The maximum atomic E-state index is 12.7. The maximum absolute atomic E-state index is 12.7. The number of rotatable bonds is 4. The molecule has 0 atom stereocenters. The number of carbonyl (C=O) groups is 3. The predicted octanol–water partition coefficient (Wildman–Crippen LogP) is 4.13. The van der Waals surface area contributed by atoms with Crippen LogP contribution in [-0.4, -0.2) is 22.9 Å². The molecule has 0 saturated carbocycles. The topological polar surface area (TPSA) is 86.7 Å². The summed E-state index contributed by atoms with van der Waals surface area (Å²) in [6.45, 7) is 0. The predicted molar refractivity (Wildman–Crippen MR) is 98.9 cm³/mol. The molecule has 132 valence electrons. The van der Waals surface area contributed by atoms with Gasteiger partial charge >= 0.3 is 5.97 Å². The number of halogens is 3. The summed E-state index contributed by atoms with van der Waals surface area (Å²) < 4.78 is 0. The van der Waals surface area contributed by atoms with E-state index in [2.05, 4.69) is 5.32 Å². The van der Waals surface area contributed by atoms with Gasteiger partial charge in [0.2, 0.25) is 0 Å². The summed E-state index contributed by atoms with van der Waals surface area (Å²) in [5, 5.41) is 11.8. The number of carboxylic acids is 1. The van der Waals surface area contributed by atoms with E-state index in [1.165, 1.54) is 42.5 Å². The molecule has 0 spiro atoms. The first kappa shape index (κ1) is 18.3. The molecule has 0 saturated heterocycles. The van der Waals surface area contributed by atoms with Crippen LogP contribution < -0.4 is 10.2 Å². The van der Waals surface area contributed by atoms with Gasteiger partial charge in [-0.15, -0.1) is 0 Å². The van der Waals surface area contributed by atoms with Crippen molar-refractivity contribution in [3.05, 3.63) is 68.8 Å². The number of hydrogen-bond donors (Lipinski definition) is 2. The zero-order chi connectivity index (χ0) is 19.0. The largest absolute Gasteiger partial charge is 0.478 e. The Kier molecular flexibility index (Phi) is 4.91. The molecule has 1 heterocycles. The second-order valence-corrected chi connectivity index (χ2v) is 6.46. The van der Waals surface area contributed by atoms with Gasteiger partial charge in [-0.1, -0.05) is 34.8 Å². The molecule has 9 heteroatoms. The first-order valence-corrected chi connectivity index (χ1v) is 8.27. The van der Waals surface area contributed by atoms with E-state index in [0.29, 0.717) is 10.7 Å². The van der Waals surface area contributed by atoms with E-state index in [1.54, 1.807) is 0 Å². The average molecular weight is 412 g/mol. The summed E-state index contributed by atoms with van der Waals surface area (Å²) in [6, 6.07) is 9.98. The molecule has 2 N–H and O–H groups in total. The van der Waals surface area contributed by atoms with Gasteiger partial charge in [0, 0.05) is 10.7 Å². The number of nitrogens with one attached hydrogen (secondary N) is 1. The maximum Gasteiger partial charge on any atom is 0.335 e. The molecule has 6 nitrogen and oxygen atoms in total. The molecule has 2 amide bonds. The van der Waals surface area contributed by atoms with E-state index >= 15 is 0 Å². The van der Waals surface area contributed by atoms with Crippen molar-refractivity contribution < 1.29 is 19.5 Å². The number of hydrogen-bond acceptors (Lipinski definition) is 4. The quantitative estimate of drug-likeness (QED) is 0.739. The van der Waals surface area contributed by atoms with E-state index in [1.807, 2.05) is 0 Å². The fraction of sp³-hybridized carbons (Fsp3) is 0. The highest BCUT2D eigenvalue weighted by atomic mass is 35.5. The molecule has 0 aliphatic carbocycles. The average Bonchev–Trinajstić information content (AvgIpc) is 2.81. The van der Waals surface area contributed by atoms with Crippen molar-refractivity contribution >= 4 is 64.0 Å². The zero-order valence-electron chi connectivity index (χ0n) is 12.8. The highest BCUT2D eigenvalue weighted by molar-refractivity contribution is 6.54. The molecule has 0 bridgehead atoms. The van der Waals surface area contributed by atoms with Gasteiger partial charge in [-0.2, -0.15) is 0 Å². The minimum absolute atomic E-state index is 0.0804. The second kappa shape index (κ2) is 6.99. The summed E-state index contributed by atoms with van der Waals surface area (Å²) in [5.74, 6) is -2.53. The van der Waals surface area contributed by atoms with Crippen molar-refractivity contribution in [2.45, 2.75) is 0 Å². The number of anilines is 2. The first-order chi connectivity index (χ1) is 12.3. The smallest absolute Gasteiger partial charge is 0.335 e. The Morgan fingerprint density at radius 3 is 2.23 bits per heavy atom. The monoisotopic (exact) mass is 410 g/mol. The van der Waals surface area contributed by atoms with Crippen LogP contribution >= 0.6 is 34.8 Å². The number of carbonyl (C=O) groups excluding carboxylic acids is 2. The second-order valence-electron chi connectivity index (χ2n) is 5.24. The lowest BCUT2D eigenvalue weighted by Crippen LogP contribution is -2.32. The van der Waals surface area contributed by atoms with Crippen molar-refractivity contribution in [2.24, 2.45) is 0 Å². The van der Waals surface area contributed by atoms with Crippen molar-refractivity contribution in [1.82, 2.24) is 0 Å². The summed E-state index contributed by atoms with van der Waals surface area (Å²) >= 11 is 18.0. The Bertz CT molecular complexity index is 970. The molecular formula is C17H9Cl3N2O4. The molecule has 0 fully saturated rings. The Morgan fingerprint density at radius 2 is 1.62 bits per heavy atom.